The fraction of sp³-hybridized carbons (Fsp3) is 0.714. The van der Waals surface area contributed by atoms with E-state index in [-0.39, 0.29) is 11.4 Å². The fourth-order valence-electron chi connectivity index (χ4n) is 2.79. The van der Waals surface area contributed by atoms with Gasteiger partial charge < -0.3 is 11.1 Å². The van der Waals surface area contributed by atoms with E-state index < -0.39 is 0 Å². The highest BCUT2D eigenvalue weighted by Crippen LogP contribution is 2.28. The van der Waals surface area contributed by atoms with Crippen molar-refractivity contribution in [3.8, 4) is 0 Å². The summed E-state index contributed by atoms with van der Waals surface area (Å²) in [6, 6.07) is 0. The number of aryl methyl sites for hydroxylation is 1. The summed E-state index contributed by atoms with van der Waals surface area (Å²) in [6.07, 6.45) is 7.47. The number of nitrogens with zero attached hydrogens (tertiary/aromatic N) is 1. The van der Waals surface area contributed by atoms with Crippen LogP contribution >= 0.6 is 0 Å². The van der Waals surface area contributed by atoms with Crippen molar-refractivity contribution in [1.29, 1.82) is 0 Å². The van der Waals surface area contributed by atoms with Crippen LogP contribution in [0.1, 0.15) is 68.6 Å². The van der Waals surface area contributed by atoms with E-state index in [1.807, 2.05) is 0 Å². The van der Waals surface area contributed by atoms with Crippen LogP contribution in [0, 0.1) is 0 Å². The minimum atomic E-state index is -0.152. The van der Waals surface area contributed by atoms with Crippen molar-refractivity contribution in [2.45, 2.75) is 64.3 Å². The molecule has 1 aromatic heterocycles. The second kappa shape index (κ2) is 5.63. The third kappa shape index (κ3) is 3.08. The summed E-state index contributed by atoms with van der Waals surface area (Å²) in [6.45, 7) is 4.18. The lowest BCUT2D eigenvalue weighted by Gasteiger charge is -2.34. The molecule has 0 aromatic carbocycles. The molecule has 1 amide bonds. The number of amides is 1. The van der Waals surface area contributed by atoms with Gasteiger partial charge in [0.25, 0.3) is 5.91 Å². The normalized spacial score (nSPS) is 18.2. The smallest absolute Gasteiger partial charge is 0.274 e. The molecule has 2 rings (SSSR count). The molecule has 0 spiro atoms. The van der Waals surface area contributed by atoms with E-state index in [4.69, 9.17) is 5.73 Å². The van der Waals surface area contributed by atoms with E-state index in [2.05, 4.69) is 29.4 Å². The molecule has 1 heterocycles. The third-order valence-corrected chi connectivity index (χ3v) is 3.97. The quantitative estimate of drug-likeness (QED) is 0.780. The van der Waals surface area contributed by atoms with E-state index in [0.717, 1.165) is 31.4 Å². The van der Waals surface area contributed by atoms with Crippen molar-refractivity contribution >= 4 is 11.6 Å². The molecule has 5 nitrogen and oxygen atoms in total. The Balaban J connectivity index is 2.07. The summed E-state index contributed by atoms with van der Waals surface area (Å²) in [5, 5.41) is 10.0. The Bertz CT molecular complexity index is 446. The van der Waals surface area contributed by atoms with Crippen LogP contribution in [0.5, 0.6) is 0 Å². The molecule has 0 bridgehead atoms. The summed E-state index contributed by atoms with van der Waals surface area (Å²) >= 11 is 0. The minimum absolute atomic E-state index is 0.106. The molecule has 19 heavy (non-hydrogen) atoms. The van der Waals surface area contributed by atoms with E-state index in [1.165, 1.54) is 19.3 Å². The second-order valence-corrected chi connectivity index (χ2v) is 5.79. The summed E-state index contributed by atoms with van der Waals surface area (Å²) in [5.74, 6) is -0.152. The van der Waals surface area contributed by atoms with Crippen molar-refractivity contribution in [2.75, 3.05) is 5.73 Å². The van der Waals surface area contributed by atoms with Gasteiger partial charge in [0, 0.05) is 5.54 Å². The van der Waals surface area contributed by atoms with Crippen molar-refractivity contribution in [1.82, 2.24) is 15.5 Å². The first-order valence-electron chi connectivity index (χ1n) is 7.21. The molecule has 0 unspecified atom stereocenters. The molecular formula is C14H24N4O. The van der Waals surface area contributed by atoms with E-state index >= 15 is 0 Å². The van der Waals surface area contributed by atoms with E-state index in [0.29, 0.717) is 11.4 Å². The summed E-state index contributed by atoms with van der Waals surface area (Å²) in [5.41, 5.74) is 7.58. The molecule has 0 aliphatic heterocycles. The zero-order valence-corrected chi connectivity index (χ0v) is 11.9. The molecule has 1 fully saturated rings. The number of anilines is 1. The molecule has 4 N–H and O–H groups in total. The van der Waals surface area contributed by atoms with Gasteiger partial charge in [-0.25, -0.2) is 0 Å². The summed E-state index contributed by atoms with van der Waals surface area (Å²) < 4.78 is 0. The zero-order chi connectivity index (χ0) is 13.9. The lowest BCUT2D eigenvalue weighted by atomic mass is 9.83. The van der Waals surface area contributed by atoms with Crippen LogP contribution < -0.4 is 11.1 Å². The van der Waals surface area contributed by atoms with Crippen LogP contribution in [0.25, 0.3) is 0 Å². The van der Waals surface area contributed by atoms with Crippen LogP contribution in [0.15, 0.2) is 0 Å². The Morgan fingerprint density at radius 1 is 1.42 bits per heavy atom. The van der Waals surface area contributed by atoms with E-state index in [1.54, 1.807) is 0 Å². The summed E-state index contributed by atoms with van der Waals surface area (Å²) in [7, 11) is 0. The molecule has 0 atom stereocenters. The van der Waals surface area contributed by atoms with Crippen LogP contribution in [0.2, 0.25) is 0 Å². The maximum Gasteiger partial charge on any atom is 0.274 e. The van der Waals surface area contributed by atoms with Crippen LogP contribution in [-0.4, -0.2) is 21.6 Å². The zero-order valence-electron chi connectivity index (χ0n) is 11.9. The molecule has 0 radical (unpaired) electrons. The fourth-order valence-corrected chi connectivity index (χ4v) is 2.79. The third-order valence-electron chi connectivity index (χ3n) is 3.97. The highest BCUT2D eigenvalue weighted by Gasteiger charge is 2.30. The van der Waals surface area contributed by atoms with Crippen molar-refractivity contribution in [2.24, 2.45) is 0 Å². The molecule has 1 aromatic rings. The molecule has 1 aliphatic rings. The SMILES string of the molecule is CCCc1[nH]nc(C(=O)NC2(C)CCCCC2)c1N. The van der Waals surface area contributed by atoms with Crippen molar-refractivity contribution < 1.29 is 4.79 Å². The van der Waals surface area contributed by atoms with Crippen LogP contribution in [0.4, 0.5) is 5.69 Å². The highest BCUT2D eigenvalue weighted by molar-refractivity contribution is 5.98. The Hall–Kier alpha value is -1.52. The Labute approximate surface area is 114 Å². The number of hydrogen-bond donors (Lipinski definition) is 3. The van der Waals surface area contributed by atoms with Gasteiger partial charge in [-0.1, -0.05) is 32.6 Å². The lowest BCUT2D eigenvalue weighted by molar-refractivity contribution is 0.0878. The molecule has 0 saturated heterocycles. The van der Waals surface area contributed by atoms with Crippen LogP contribution in [-0.2, 0) is 6.42 Å². The van der Waals surface area contributed by atoms with E-state index in [9.17, 15) is 4.79 Å². The molecular weight excluding hydrogens is 240 g/mol. The van der Waals surface area contributed by atoms with Gasteiger partial charge in [0.2, 0.25) is 0 Å². The van der Waals surface area contributed by atoms with Gasteiger partial charge in [0.05, 0.1) is 11.4 Å². The van der Waals surface area contributed by atoms with Gasteiger partial charge in [-0.15, -0.1) is 0 Å². The number of nitrogens with two attached hydrogens (primary N) is 1. The molecule has 1 aliphatic carbocycles. The molecule has 106 valence electrons. The first-order chi connectivity index (χ1) is 9.06. The average molecular weight is 264 g/mol. The number of carbonyl (C=O) groups is 1. The maximum atomic E-state index is 12.3. The van der Waals surface area contributed by atoms with Gasteiger partial charge >= 0.3 is 0 Å². The predicted octanol–water partition coefficient (Wildman–Crippen LogP) is 2.40. The number of H-pyrrole nitrogens is 1. The average Bonchev–Trinajstić information content (AvgIpc) is 2.72. The van der Waals surface area contributed by atoms with Crippen LogP contribution in [0.3, 0.4) is 0 Å². The Morgan fingerprint density at radius 2 is 2.11 bits per heavy atom. The molecule has 5 heteroatoms. The monoisotopic (exact) mass is 264 g/mol. The number of aromatic amines is 1. The van der Waals surface area contributed by atoms with Gasteiger partial charge in [0.15, 0.2) is 5.69 Å². The van der Waals surface area contributed by atoms with Crippen molar-refractivity contribution in [3.05, 3.63) is 11.4 Å². The maximum absolute atomic E-state index is 12.3. The lowest BCUT2D eigenvalue weighted by Crippen LogP contribution is -2.47. The minimum Gasteiger partial charge on any atom is -0.395 e. The Kier molecular flexibility index (Phi) is 4.12. The number of carbonyl (C=O) groups excluding carboxylic acids is 1. The Morgan fingerprint density at radius 3 is 2.74 bits per heavy atom. The van der Waals surface area contributed by atoms with Crippen molar-refractivity contribution in [3.63, 3.8) is 0 Å². The predicted molar refractivity (Wildman–Crippen MR) is 76.0 cm³/mol. The van der Waals surface area contributed by atoms with Gasteiger partial charge in [-0.3, -0.25) is 9.89 Å². The van der Waals surface area contributed by atoms with Gasteiger partial charge in [-0.2, -0.15) is 5.10 Å². The molecule has 1 saturated carbocycles. The standard InChI is InChI=1S/C14H24N4O/c1-3-7-10-11(15)12(18-17-10)13(19)16-14(2)8-5-4-6-9-14/h3-9,15H2,1-2H3,(H,16,19)(H,17,18). The van der Waals surface area contributed by atoms with Gasteiger partial charge in [0.1, 0.15) is 0 Å². The second-order valence-electron chi connectivity index (χ2n) is 5.79. The number of hydrogen-bond acceptors (Lipinski definition) is 3. The largest absolute Gasteiger partial charge is 0.395 e. The number of rotatable bonds is 4. The number of nitrogens with one attached hydrogen (secondary N) is 2. The number of aromatic nitrogens is 2. The highest BCUT2D eigenvalue weighted by atomic mass is 16.2. The first kappa shape index (κ1) is 13.9. The first-order valence-corrected chi connectivity index (χ1v) is 7.21. The van der Waals surface area contributed by atoms with Gasteiger partial charge in [-0.05, 0) is 26.2 Å². The topological polar surface area (TPSA) is 83.8 Å². The summed E-state index contributed by atoms with van der Waals surface area (Å²) in [4.78, 5) is 12.3. The number of nitrogen functional groups attached to an aromatic ring is 1.